The number of rotatable bonds is 5. The molecule has 0 aliphatic carbocycles. The molecule has 0 saturated heterocycles. The van der Waals surface area contributed by atoms with E-state index in [0.29, 0.717) is 24.1 Å². The second kappa shape index (κ2) is 5.68. The predicted octanol–water partition coefficient (Wildman–Crippen LogP) is 0.998. The third-order valence-electron chi connectivity index (χ3n) is 3.16. The van der Waals surface area contributed by atoms with Crippen LogP contribution in [0, 0.1) is 0 Å². The molecule has 20 heavy (non-hydrogen) atoms. The van der Waals surface area contributed by atoms with E-state index in [1.807, 2.05) is 13.8 Å². The van der Waals surface area contributed by atoms with Crippen molar-refractivity contribution in [2.75, 3.05) is 13.1 Å². The Morgan fingerprint density at radius 1 is 1.30 bits per heavy atom. The minimum atomic E-state index is -1.06. The van der Waals surface area contributed by atoms with Crippen molar-refractivity contribution in [2.45, 2.75) is 20.4 Å². The van der Waals surface area contributed by atoms with Gasteiger partial charge < -0.3 is 10.0 Å². The van der Waals surface area contributed by atoms with Crippen LogP contribution in [-0.2, 0) is 11.3 Å². The fourth-order valence-electron chi connectivity index (χ4n) is 2.12. The molecule has 2 aromatic rings. The van der Waals surface area contributed by atoms with Gasteiger partial charge in [0.05, 0.1) is 5.56 Å². The van der Waals surface area contributed by atoms with E-state index in [-0.39, 0.29) is 18.0 Å². The summed E-state index contributed by atoms with van der Waals surface area (Å²) in [6.45, 7) is 4.98. The molecule has 1 N–H and O–H groups in total. The van der Waals surface area contributed by atoms with Crippen LogP contribution < -0.4 is 0 Å². The number of amides is 1. The maximum Gasteiger partial charge on any atom is 0.337 e. The van der Waals surface area contributed by atoms with Crippen LogP contribution in [0.25, 0.3) is 11.0 Å². The number of para-hydroxylation sites is 1. The summed E-state index contributed by atoms with van der Waals surface area (Å²) in [4.78, 5) is 25.0. The van der Waals surface area contributed by atoms with E-state index in [4.69, 9.17) is 0 Å². The Labute approximate surface area is 115 Å². The van der Waals surface area contributed by atoms with E-state index in [2.05, 4.69) is 10.3 Å². The molecule has 0 radical (unpaired) electrons. The third-order valence-corrected chi connectivity index (χ3v) is 3.16. The van der Waals surface area contributed by atoms with Gasteiger partial charge in [-0.05, 0) is 26.0 Å². The lowest BCUT2D eigenvalue weighted by atomic mass is 10.2. The zero-order chi connectivity index (χ0) is 14.7. The largest absolute Gasteiger partial charge is 0.478 e. The monoisotopic (exact) mass is 276 g/mol. The molecule has 0 unspecified atom stereocenters. The summed E-state index contributed by atoms with van der Waals surface area (Å²) >= 11 is 0. The van der Waals surface area contributed by atoms with Crippen LogP contribution >= 0.6 is 0 Å². The average Bonchev–Trinajstić information content (AvgIpc) is 2.83. The number of hydrogen-bond donors (Lipinski definition) is 1. The highest BCUT2D eigenvalue weighted by Crippen LogP contribution is 2.16. The first-order chi connectivity index (χ1) is 9.58. The molecule has 0 saturated carbocycles. The average molecular weight is 276 g/mol. The topological polar surface area (TPSA) is 88.3 Å². The Morgan fingerprint density at radius 2 is 2.00 bits per heavy atom. The van der Waals surface area contributed by atoms with Crippen molar-refractivity contribution in [3.8, 4) is 0 Å². The lowest BCUT2D eigenvalue weighted by Crippen LogP contribution is -2.33. The van der Waals surface area contributed by atoms with Crippen molar-refractivity contribution in [1.82, 2.24) is 19.9 Å². The SMILES string of the molecule is CCN(CC)C(=O)Cn1nnc2cccc(C(=O)O)c21. The summed E-state index contributed by atoms with van der Waals surface area (Å²) in [6, 6.07) is 4.76. The van der Waals surface area contributed by atoms with Gasteiger partial charge in [-0.3, -0.25) is 4.79 Å². The molecular weight excluding hydrogens is 260 g/mol. The van der Waals surface area contributed by atoms with Crippen LogP contribution in [0.1, 0.15) is 24.2 Å². The number of aromatic carboxylic acids is 1. The first-order valence-electron chi connectivity index (χ1n) is 6.41. The highest BCUT2D eigenvalue weighted by molar-refractivity contribution is 6.01. The smallest absolute Gasteiger partial charge is 0.337 e. The molecule has 7 nitrogen and oxygen atoms in total. The van der Waals surface area contributed by atoms with Crippen molar-refractivity contribution in [3.63, 3.8) is 0 Å². The number of hydrogen-bond acceptors (Lipinski definition) is 4. The number of carboxylic acid groups (broad SMARTS) is 1. The maximum atomic E-state index is 12.1. The van der Waals surface area contributed by atoms with Crippen molar-refractivity contribution < 1.29 is 14.7 Å². The Hall–Kier alpha value is -2.44. The third kappa shape index (κ3) is 2.47. The van der Waals surface area contributed by atoms with E-state index < -0.39 is 5.97 Å². The minimum Gasteiger partial charge on any atom is -0.478 e. The molecule has 0 aliphatic heterocycles. The number of carboxylic acids is 1. The number of likely N-dealkylation sites (N-methyl/N-ethyl adjacent to an activating group) is 1. The Kier molecular flexibility index (Phi) is 3.97. The van der Waals surface area contributed by atoms with Gasteiger partial charge in [0.15, 0.2) is 0 Å². The Balaban J connectivity index is 2.40. The number of carbonyl (C=O) groups excluding carboxylic acids is 1. The molecule has 106 valence electrons. The fraction of sp³-hybridized carbons (Fsp3) is 0.385. The normalized spacial score (nSPS) is 10.7. The number of nitrogens with zero attached hydrogens (tertiary/aromatic N) is 4. The summed E-state index contributed by atoms with van der Waals surface area (Å²) in [6.07, 6.45) is 0. The first kappa shape index (κ1) is 14.0. The molecule has 7 heteroatoms. The van der Waals surface area contributed by atoms with Gasteiger partial charge in [-0.2, -0.15) is 0 Å². The summed E-state index contributed by atoms with van der Waals surface area (Å²) in [5, 5.41) is 17.0. The number of benzene rings is 1. The van der Waals surface area contributed by atoms with Crippen molar-refractivity contribution >= 4 is 22.9 Å². The molecule has 0 atom stereocenters. The highest BCUT2D eigenvalue weighted by Gasteiger charge is 2.18. The number of fused-ring (bicyclic) bond motifs is 1. The van der Waals surface area contributed by atoms with Gasteiger partial charge in [0.25, 0.3) is 0 Å². The lowest BCUT2D eigenvalue weighted by molar-refractivity contribution is -0.131. The summed E-state index contributed by atoms with van der Waals surface area (Å²) in [5.74, 6) is -1.17. The molecule has 1 aromatic heterocycles. The molecule has 0 fully saturated rings. The van der Waals surface area contributed by atoms with Crippen molar-refractivity contribution in [1.29, 1.82) is 0 Å². The standard InChI is InChI=1S/C13H16N4O3/c1-3-16(4-2)11(18)8-17-12-9(13(19)20)6-5-7-10(12)14-15-17/h5-7H,3-4,8H2,1-2H3,(H,19,20). The minimum absolute atomic E-state index is 0.0114. The van der Waals surface area contributed by atoms with Gasteiger partial charge in [0, 0.05) is 13.1 Å². The molecular formula is C13H16N4O3. The molecule has 1 aromatic carbocycles. The van der Waals surface area contributed by atoms with Gasteiger partial charge in [0.2, 0.25) is 5.91 Å². The molecule has 0 bridgehead atoms. The summed E-state index contributed by atoms with van der Waals surface area (Å²) in [5.41, 5.74) is 0.942. The second-order valence-electron chi connectivity index (χ2n) is 4.29. The lowest BCUT2D eigenvalue weighted by Gasteiger charge is -2.18. The van der Waals surface area contributed by atoms with Crippen LogP contribution in [0.2, 0.25) is 0 Å². The second-order valence-corrected chi connectivity index (χ2v) is 4.29. The predicted molar refractivity (Wildman–Crippen MR) is 72.4 cm³/mol. The Bertz CT molecular complexity index is 646. The van der Waals surface area contributed by atoms with Crippen LogP contribution in [-0.4, -0.2) is 50.0 Å². The van der Waals surface area contributed by atoms with E-state index in [0.717, 1.165) is 0 Å². The van der Waals surface area contributed by atoms with Crippen LogP contribution in [0.3, 0.4) is 0 Å². The Morgan fingerprint density at radius 3 is 2.60 bits per heavy atom. The zero-order valence-electron chi connectivity index (χ0n) is 11.4. The van der Waals surface area contributed by atoms with E-state index in [1.54, 1.807) is 17.0 Å². The molecule has 0 spiro atoms. The number of carbonyl (C=O) groups is 2. The van der Waals surface area contributed by atoms with E-state index in [1.165, 1.54) is 10.7 Å². The van der Waals surface area contributed by atoms with E-state index in [9.17, 15) is 14.7 Å². The fourth-order valence-corrected chi connectivity index (χ4v) is 2.12. The molecule has 0 aliphatic rings. The van der Waals surface area contributed by atoms with Gasteiger partial charge in [0.1, 0.15) is 17.6 Å². The van der Waals surface area contributed by atoms with Crippen LogP contribution in [0.5, 0.6) is 0 Å². The summed E-state index contributed by atoms with van der Waals surface area (Å²) in [7, 11) is 0. The van der Waals surface area contributed by atoms with Crippen molar-refractivity contribution in [3.05, 3.63) is 23.8 Å². The molecule has 2 rings (SSSR count). The van der Waals surface area contributed by atoms with Crippen LogP contribution in [0.15, 0.2) is 18.2 Å². The zero-order valence-corrected chi connectivity index (χ0v) is 11.4. The van der Waals surface area contributed by atoms with Gasteiger partial charge in [-0.25, -0.2) is 9.48 Å². The highest BCUT2D eigenvalue weighted by atomic mass is 16.4. The first-order valence-corrected chi connectivity index (χ1v) is 6.41. The quantitative estimate of drug-likeness (QED) is 0.880. The van der Waals surface area contributed by atoms with Crippen LogP contribution in [0.4, 0.5) is 0 Å². The van der Waals surface area contributed by atoms with Gasteiger partial charge >= 0.3 is 5.97 Å². The molecule has 1 heterocycles. The van der Waals surface area contributed by atoms with Gasteiger partial charge in [-0.15, -0.1) is 5.10 Å². The van der Waals surface area contributed by atoms with Crippen molar-refractivity contribution in [2.24, 2.45) is 0 Å². The summed E-state index contributed by atoms with van der Waals surface area (Å²) < 4.78 is 1.35. The van der Waals surface area contributed by atoms with Gasteiger partial charge in [-0.1, -0.05) is 11.3 Å². The van der Waals surface area contributed by atoms with E-state index >= 15 is 0 Å². The molecule has 1 amide bonds. The number of aromatic nitrogens is 3. The maximum absolute atomic E-state index is 12.1.